The Labute approximate surface area is 173 Å². The van der Waals surface area contributed by atoms with E-state index in [1.54, 1.807) is 6.20 Å². The van der Waals surface area contributed by atoms with E-state index < -0.39 is 0 Å². The maximum atomic E-state index is 4.91. The van der Waals surface area contributed by atoms with Crippen LogP contribution < -0.4 is 5.32 Å². The Morgan fingerprint density at radius 2 is 2.07 bits per heavy atom. The predicted octanol–water partition coefficient (Wildman–Crippen LogP) is 4.43. The summed E-state index contributed by atoms with van der Waals surface area (Å²) in [5.41, 5.74) is 4.76. The van der Waals surface area contributed by atoms with Crippen LogP contribution in [0.15, 0.2) is 42.7 Å². The van der Waals surface area contributed by atoms with Gasteiger partial charge in [0.25, 0.3) is 0 Å². The van der Waals surface area contributed by atoms with Crippen LogP contribution in [0.1, 0.15) is 48.2 Å². The van der Waals surface area contributed by atoms with Crippen molar-refractivity contribution < 1.29 is 0 Å². The number of likely N-dealkylation sites (tertiary alicyclic amines) is 1. The molecule has 0 bridgehead atoms. The molecule has 4 heterocycles. The second-order valence-corrected chi connectivity index (χ2v) is 7.91. The topological polar surface area (TPSA) is 58.9 Å². The second-order valence-electron chi connectivity index (χ2n) is 7.91. The van der Waals surface area contributed by atoms with E-state index in [4.69, 9.17) is 4.98 Å². The maximum absolute atomic E-state index is 4.91. The first kappa shape index (κ1) is 19.6. The highest BCUT2D eigenvalue weighted by molar-refractivity contribution is 5.55. The van der Waals surface area contributed by atoms with Crippen molar-refractivity contribution in [3.05, 3.63) is 65.2 Å². The molecule has 6 heteroatoms. The van der Waals surface area contributed by atoms with E-state index >= 15 is 0 Å². The van der Waals surface area contributed by atoms with Gasteiger partial charge in [0, 0.05) is 49.2 Å². The summed E-state index contributed by atoms with van der Waals surface area (Å²) in [6.07, 6.45) is 6.38. The van der Waals surface area contributed by atoms with Crippen molar-refractivity contribution in [2.75, 3.05) is 18.4 Å². The number of piperidine rings is 1. The number of aryl methyl sites for hydroxylation is 3. The maximum Gasteiger partial charge on any atom is 0.134 e. The van der Waals surface area contributed by atoms with Crippen LogP contribution >= 0.6 is 0 Å². The quantitative estimate of drug-likeness (QED) is 0.675. The molecule has 1 aliphatic heterocycles. The Morgan fingerprint density at radius 1 is 1.17 bits per heavy atom. The molecule has 0 aromatic carbocycles. The number of anilines is 2. The lowest BCUT2D eigenvalue weighted by Crippen LogP contribution is -2.34. The number of aromatic nitrogens is 4. The van der Waals surface area contributed by atoms with Crippen LogP contribution in [-0.2, 0) is 13.1 Å². The van der Waals surface area contributed by atoms with Gasteiger partial charge in [-0.3, -0.25) is 9.58 Å². The Morgan fingerprint density at radius 3 is 2.86 bits per heavy atom. The lowest BCUT2D eigenvalue weighted by molar-refractivity contribution is 0.198. The second kappa shape index (κ2) is 8.74. The number of nitrogens with zero attached hydrogens (tertiary/aromatic N) is 5. The number of pyridine rings is 2. The normalized spacial score (nSPS) is 17.4. The molecule has 6 nitrogen and oxygen atoms in total. The minimum atomic E-state index is 0.455. The first-order valence-corrected chi connectivity index (χ1v) is 10.5. The standard InChI is InChI=1S/C23H30N6/c1-4-29-16-20(18(3)27-29)15-28-13-7-9-19(14-28)21-10-5-11-22(25-21)26-23-17(2)8-6-12-24-23/h5-6,8,10-12,16,19H,4,7,9,13-15H2,1-3H3,(H,24,25,26)/t19-/m0/s1. The van der Waals surface area contributed by atoms with Gasteiger partial charge in [0.05, 0.1) is 5.69 Å². The summed E-state index contributed by atoms with van der Waals surface area (Å²) < 4.78 is 2.03. The summed E-state index contributed by atoms with van der Waals surface area (Å²) in [6, 6.07) is 10.3. The monoisotopic (exact) mass is 390 g/mol. The molecule has 1 aliphatic rings. The van der Waals surface area contributed by atoms with Crippen molar-refractivity contribution in [2.45, 2.75) is 52.6 Å². The van der Waals surface area contributed by atoms with Gasteiger partial charge in [0.15, 0.2) is 0 Å². The lowest BCUT2D eigenvalue weighted by atomic mass is 9.94. The van der Waals surface area contributed by atoms with Gasteiger partial charge in [0.2, 0.25) is 0 Å². The smallest absolute Gasteiger partial charge is 0.134 e. The van der Waals surface area contributed by atoms with E-state index in [1.807, 2.05) is 16.8 Å². The van der Waals surface area contributed by atoms with Crippen molar-refractivity contribution in [3.8, 4) is 0 Å². The summed E-state index contributed by atoms with van der Waals surface area (Å²) >= 11 is 0. The minimum Gasteiger partial charge on any atom is -0.325 e. The fourth-order valence-corrected chi connectivity index (χ4v) is 4.04. The van der Waals surface area contributed by atoms with E-state index in [9.17, 15) is 0 Å². The Hall–Kier alpha value is -2.73. The van der Waals surface area contributed by atoms with Gasteiger partial charge in [-0.25, -0.2) is 9.97 Å². The van der Waals surface area contributed by atoms with Gasteiger partial charge in [0.1, 0.15) is 11.6 Å². The molecule has 0 radical (unpaired) electrons. The van der Waals surface area contributed by atoms with Gasteiger partial charge in [-0.2, -0.15) is 5.10 Å². The van der Waals surface area contributed by atoms with E-state index in [0.29, 0.717) is 5.92 Å². The van der Waals surface area contributed by atoms with Crippen molar-refractivity contribution in [2.24, 2.45) is 0 Å². The Balaban J connectivity index is 1.45. The van der Waals surface area contributed by atoms with Gasteiger partial charge >= 0.3 is 0 Å². The Bertz CT molecular complexity index is 964. The van der Waals surface area contributed by atoms with Crippen LogP contribution in [-0.4, -0.2) is 37.7 Å². The van der Waals surface area contributed by atoms with E-state index in [1.165, 1.54) is 18.4 Å². The molecule has 1 saturated heterocycles. The number of hydrogen-bond acceptors (Lipinski definition) is 5. The van der Waals surface area contributed by atoms with Crippen LogP contribution in [0.4, 0.5) is 11.6 Å². The fourth-order valence-electron chi connectivity index (χ4n) is 4.04. The zero-order valence-electron chi connectivity index (χ0n) is 17.6. The van der Waals surface area contributed by atoms with E-state index in [-0.39, 0.29) is 0 Å². The van der Waals surface area contributed by atoms with Gasteiger partial charge in [-0.05, 0) is 63.9 Å². The molecule has 1 fully saturated rings. The number of rotatable bonds is 6. The molecular formula is C23H30N6. The fraction of sp³-hybridized carbons (Fsp3) is 0.435. The third-order valence-corrected chi connectivity index (χ3v) is 5.72. The number of nitrogens with one attached hydrogen (secondary N) is 1. The third kappa shape index (κ3) is 4.65. The first-order valence-electron chi connectivity index (χ1n) is 10.5. The molecule has 152 valence electrons. The predicted molar refractivity (Wildman–Crippen MR) is 116 cm³/mol. The Kier molecular flexibility index (Phi) is 5.90. The van der Waals surface area contributed by atoms with Crippen LogP contribution in [0.3, 0.4) is 0 Å². The zero-order valence-corrected chi connectivity index (χ0v) is 17.6. The molecule has 0 unspecified atom stereocenters. The molecule has 4 rings (SSSR count). The molecule has 3 aromatic rings. The summed E-state index contributed by atoms with van der Waals surface area (Å²) in [5, 5.41) is 7.97. The van der Waals surface area contributed by atoms with Crippen molar-refractivity contribution in [1.29, 1.82) is 0 Å². The van der Waals surface area contributed by atoms with Gasteiger partial charge in [-0.15, -0.1) is 0 Å². The average Bonchev–Trinajstić information content (AvgIpc) is 3.10. The summed E-state index contributed by atoms with van der Waals surface area (Å²) in [6.45, 7) is 10.4. The molecule has 0 saturated carbocycles. The lowest BCUT2D eigenvalue weighted by Gasteiger charge is -2.32. The highest BCUT2D eigenvalue weighted by Gasteiger charge is 2.23. The highest BCUT2D eigenvalue weighted by Crippen LogP contribution is 2.28. The van der Waals surface area contributed by atoms with Gasteiger partial charge in [-0.1, -0.05) is 12.1 Å². The molecule has 1 atom stereocenters. The molecule has 29 heavy (non-hydrogen) atoms. The van der Waals surface area contributed by atoms with E-state index in [0.717, 1.165) is 54.8 Å². The molecule has 3 aromatic heterocycles. The average molecular weight is 391 g/mol. The van der Waals surface area contributed by atoms with Crippen LogP contribution in [0.25, 0.3) is 0 Å². The molecule has 0 amide bonds. The summed E-state index contributed by atoms with van der Waals surface area (Å²) in [5.74, 6) is 2.18. The third-order valence-electron chi connectivity index (χ3n) is 5.72. The van der Waals surface area contributed by atoms with Gasteiger partial charge < -0.3 is 5.32 Å². The molecule has 0 spiro atoms. The van der Waals surface area contributed by atoms with Crippen LogP contribution in [0.2, 0.25) is 0 Å². The highest BCUT2D eigenvalue weighted by atomic mass is 15.3. The molecular weight excluding hydrogens is 360 g/mol. The zero-order chi connectivity index (χ0) is 20.2. The first-order chi connectivity index (χ1) is 14.1. The molecule has 1 N–H and O–H groups in total. The minimum absolute atomic E-state index is 0.455. The molecule has 0 aliphatic carbocycles. The van der Waals surface area contributed by atoms with Crippen LogP contribution in [0.5, 0.6) is 0 Å². The number of hydrogen-bond donors (Lipinski definition) is 1. The van der Waals surface area contributed by atoms with Crippen molar-refractivity contribution in [1.82, 2.24) is 24.6 Å². The largest absolute Gasteiger partial charge is 0.325 e. The SMILES string of the molecule is CCn1cc(CN2CCC[C@H](c3cccc(Nc4ncccc4C)n3)C2)c(C)n1. The summed E-state index contributed by atoms with van der Waals surface area (Å²) in [7, 11) is 0. The van der Waals surface area contributed by atoms with Crippen molar-refractivity contribution in [3.63, 3.8) is 0 Å². The van der Waals surface area contributed by atoms with E-state index in [2.05, 4.69) is 65.5 Å². The van der Waals surface area contributed by atoms with Crippen LogP contribution in [0, 0.1) is 13.8 Å². The summed E-state index contributed by atoms with van der Waals surface area (Å²) in [4.78, 5) is 11.9. The van der Waals surface area contributed by atoms with Crippen molar-refractivity contribution >= 4 is 11.6 Å².